The number of phosphoric acid groups is 2. The van der Waals surface area contributed by atoms with Crippen LogP contribution in [-0.2, 0) is 36.7 Å². The first-order valence-corrected chi connectivity index (χ1v) is 17.1. The van der Waals surface area contributed by atoms with Crippen LogP contribution in [0.5, 0.6) is 0 Å². The van der Waals surface area contributed by atoms with Gasteiger partial charge < -0.3 is 35.3 Å². The molecule has 2 saturated carbocycles. The Morgan fingerprint density at radius 1 is 1.06 bits per heavy atom. The van der Waals surface area contributed by atoms with Gasteiger partial charge in [0, 0.05) is 12.5 Å². The molecule has 4 aromatic heterocycles. The van der Waals surface area contributed by atoms with Crippen molar-refractivity contribution in [2.45, 2.75) is 49.3 Å². The van der Waals surface area contributed by atoms with E-state index in [1.165, 1.54) is 35.2 Å². The van der Waals surface area contributed by atoms with Gasteiger partial charge in [-0.05, 0) is 12.3 Å². The van der Waals surface area contributed by atoms with E-state index in [1.807, 2.05) is 0 Å². The molecule has 2 bridgehead atoms. The third-order valence-corrected chi connectivity index (χ3v) is 11.1. The summed E-state index contributed by atoms with van der Waals surface area (Å²) in [5.41, 5.74) is 9.88. The fraction of sp³-hybridized carbons (Fsp3) is 0.565. The number of rotatable bonds is 3. The Balaban J connectivity index is 1.15. The van der Waals surface area contributed by atoms with Crippen LogP contribution in [0.15, 0.2) is 23.8 Å². The summed E-state index contributed by atoms with van der Waals surface area (Å²) in [4.78, 5) is 56.9. The Morgan fingerprint density at radius 3 is 2.60 bits per heavy atom. The Morgan fingerprint density at radius 2 is 1.81 bits per heavy atom. The molecule has 11 atom stereocenters. The molecule has 47 heavy (non-hydrogen) atoms. The zero-order chi connectivity index (χ0) is 33.0. The van der Waals surface area contributed by atoms with Gasteiger partial charge in [0.25, 0.3) is 5.56 Å². The lowest BCUT2D eigenvalue weighted by Gasteiger charge is -2.29. The summed E-state index contributed by atoms with van der Waals surface area (Å²) in [5.74, 6) is -0.791. The van der Waals surface area contributed by atoms with Gasteiger partial charge in [0.1, 0.15) is 42.4 Å². The number of aromatic nitrogens is 8. The molecule has 0 radical (unpaired) electrons. The number of nitrogen functional groups attached to an aromatic ring is 2. The van der Waals surface area contributed by atoms with Crippen molar-refractivity contribution < 1.29 is 50.9 Å². The van der Waals surface area contributed by atoms with Gasteiger partial charge in [-0.1, -0.05) is 0 Å². The first-order valence-electron chi connectivity index (χ1n) is 14.1. The van der Waals surface area contributed by atoms with Crippen molar-refractivity contribution in [1.82, 2.24) is 39.0 Å². The first kappa shape index (κ1) is 30.9. The van der Waals surface area contributed by atoms with Gasteiger partial charge >= 0.3 is 15.6 Å². The molecule has 2 unspecified atom stereocenters. The van der Waals surface area contributed by atoms with Gasteiger partial charge in [0.15, 0.2) is 28.9 Å². The van der Waals surface area contributed by atoms with Crippen LogP contribution in [0.2, 0.25) is 0 Å². The lowest BCUT2D eigenvalue weighted by Crippen LogP contribution is -2.37. The standard InChI is InChI=1S/C23H27FN10O11P2/c1-40-14-9-3-41-46(36,37)45-16-10(24)13(33-6-29-11-17(25)27-5-28-18(11)33)8-2-23(8,16)4-42-47(38,39)44-15(14)21(43-9)34-7-30-12-19(34)31-22(26)32-20(12)35/h5-10,13-16,21H,2-4H2,1H3,(H,36,37)(H,38,39)(H2,25,27,28)(H3,26,31,32,35)/t8-,9-,10+,13-,14-,15-,16+,21-,23+/m1/s1. The number of phosphoric ester groups is 2. The fourth-order valence-electron chi connectivity index (χ4n) is 7.02. The molecule has 4 aromatic rings. The largest absolute Gasteiger partial charge is 0.472 e. The van der Waals surface area contributed by atoms with E-state index in [-0.39, 0.29) is 40.5 Å². The smallest absolute Gasteiger partial charge is 0.382 e. The van der Waals surface area contributed by atoms with Crippen LogP contribution in [0.4, 0.5) is 16.2 Å². The number of nitrogens with two attached hydrogens (primary N) is 2. The highest BCUT2D eigenvalue weighted by Gasteiger charge is 2.75. The first-order chi connectivity index (χ1) is 22.3. The zero-order valence-corrected chi connectivity index (χ0v) is 25.9. The van der Waals surface area contributed by atoms with Crippen molar-refractivity contribution in [1.29, 1.82) is 0 Å². The van der Waals surface area contributed by atoms with E-state index in [1.54, 1.807) is 0 Å². The van der Waals surface area contributed by atoms with Crippen molar-refractivity contribution in [3.63, 3.8) is 0 Å². The van der Waals surface area contributed by atoms with Crippen LogP contribution < -0.4 is 17.0 Å². The average Bonchev–Trinajstić information content (AvgIpc) is 3.30. The summed E-state index contributed by atoms with van der Waals surface area (Å²) in [6.45, 7) is -1.29. The molecule has 2 aliphatic heterocycles. The summed E-state index contributed by atoms with van der Waals surface area (Å²) in [5, 5.41) is 0. The molecule has 24 heteroatoms. The van der Waals surface area contributed by atoms with Gasteiger partial charge in [0.05, 0.1) is 31.9 Å². The minimum absolute atomic E-state index is 0.0557. The van der Waals surface area contributed by atoms with Crippen molar-refractivity contribution in [3.05, 3.63) is 29.3 Å². The minimum Gasteiger partial charge on any atom is -0.382 e. The summed E-state index contributed by atoms with van der Waals surface area (Å²) in [6, 6.07) is -1.03. The number of nitrogens with zero attached hydrogens (tertiary/aromatic N) is 7. The molecule has 8 rings (SSSR count). The average molecular weight is 700 g/mol. The van der Waals surface area contributed by atoms with E-state index in [2.05, 4.69) is 29.9 Å². The van der Waals surface area contributed by atoms with E-state index in [0.29, 0.717) is 0 Å². The van der Waals surface area contributed by atoms with Crippen LogP contribution in [0.3, 0.4) is 0 Å². The molecule has 2 saturated heterocycles. The number of methoxy groups -OCH3 is 1. The SMILES string of the molecule is CO[C@H]1[C@H]2OP(=O)(O)OC[C@@]34C[C@@H]3[C@@H](n3cnc5c(N)ncnc53)[C@H](F)[C@@H]4OP(=O)(O)OC[C@H]1O[C@H]2n1cnc2c(=O)[nH]c(N)nc21. The number of ether oxygens (including phenoxy) is 2. The maximum absolute atomic E-state index is 16.3. The molecule has 6 heterocycles. The van der Waals surface area contributed by atoms with Crippen LogP contribution in [-0.4, -0.2) is 99.7 Å². The lowest BCUT2D eigenvalue weighted by atomic mass is 10.0. The summed E-state index contributed by atoms with van der Waals surface area (Å²) < 4.78 is 79.3. The van der Waals surface area contributed by atoms with Gasteiger partial charge in [-0.3, -0.25) is 32.4 Å². The fourth-order valence-corrected chi connectivity index (χ4v) is 9.03. The van der Waals surface area contributed by atoms with Gasteiger partial charge in [0.2, 0.25) is 5.95 Å². The summed E-state index contributed by atoms with van der Waals surface area (Å²) >= 11 is 0. The molecule has 252 valence electrons. The lowest BCUT2D eigenvalue weighted by molar-refractivity contribution is -0.0625. The molecule has 4 aliphatic rings. The molecule has 4 fully saturated rings. The van der Waals surface area contributed by atoms with E-state index in [4.69, 9.17) is 39.0 Å². The molecule has 2 aliphatic carbocycles. The second-order valence-electron chi connectivity index (χ2n) is 11.7. The second kappa shape index (κ2) is 10.5. The highest BCUT2D eigenvalue weighted by atomic mass is 31.2. The second-order valence-corrected chi connectivity index (χ2v) is 14.5. The molecule has 0 aromatic carbocycles. The van der Waals surface area contributed by atoms with Crippen molar-refractivity contribution in [3.8, 4) is 0 Å². The maximum Gasteiger partial charge on any atom is 0.472 e. The van der Waals surface area contributed by atoms with E-state index >= 15 is 4.39 Å². The van der Waals surface area contributed by atoms with E-state index in [0.717, 1.165) is 0 Å². The summed E-state index contributed by atoms with van der Waals surface area (Å²) in [6.07, 6.45) is -4.97. The van der Waals surface area contributed by atoms with Crippen LogP contribution in [0.25, 0.3) is 22.3 Å². The molecule has 21 nitrogen and oxygen atoms in total. The predicted molar refractivity (Wildman–Crippen MR) is 153 cm³/mol. The molecule has 1 spiro atoms. The minimum atomic E-state index is -5.04. The predicted octanol–water partition coefficient (Wildman–Crippen LogP) is -0.0466. The van der Waals surface area contributed by atoms with Crippen molar-refractivity contribution in [2.24, 2.45) is 11.3 Å². The van der Waals surface area contributed by atoms with Crippen LogP contribution in [0.1, 0.15) is 18.7 Å². The van der Waals surface area contributed by atoms with Crippen LogP contribution in [0, 0.1) is 11.3 Å². The number of imidazole rings is 2. The number of halogens is 1. The van der Waals surface area contributed by atoms with Crippen molar-refractivity contribution in [2.75, 3.05) is 31.8 Å². The van der Waals surface area contributed by atoms with Gasteiger partial charge in [-0.2, -0.15) is 4.98 Å². The molecular formula is C23H27FN10O11P2. The normalized spacial score (nSPS) is 40.4. The Kier molecular flexibility index (Phi) is 6.92. The van der Waals surface area contributed by atoms with Crippen molar-refractivity contribution >= 4 is 49.7 Å². The third kappa shape index (κ3) is 4.82. The topological polar surface area (TPSA) is 289 Å². The molecule has 7 N–H and O–H groups in total. The molecule has 0 amide bonds. The number of hydrogen-bond donors (Lipinski definition) is 5. The Labute approximate surface area is 261 Å². The summed E-state index contributed by atoms with van der Waals surface area (Å²) in [7, 11) is -8.82. The van der Waals surface area contributed by atoms with E-state index in [9.17, 15) is 23.7 Å². The van der Waals surface area contributed by atoms with Crippen LogP contribution >= 0.6 is 15.6 Å². The number of alkyl halides is 1. The maximum atomic E-state index is 16.3. The molecular weight excluding hydrogens is 673 g/mol. The number of fused-ring (bicyclic) bond motifs is 4. The number of anilines is 2. The Bertz CT molecular complexity index is 2060. The quantitative estimate of drug-likeness (QED) is 0.175. The highest BCUT2D eigenvalue weighted by Crippen LogP contribution is 2.72. The van der Waals surface area contributed by atoms with Gasteiger partial charge in [-0.15, -0.1) is 0 Å². The Hall–Kier alpha value is -3.43. The third-order valence-electron chi connectivity index (χ3n) is 9.16. The highest BCUT2D eigenvalue weighted by molar-refractivity contribution is 7.47. The number of aromatic amines is 1. The number of hydrogen-bond acceptors (Lipinski definition) is 16. The number of nitrogens with one attached hydrogen (secondary N) is 1. The number of H-pyrrole nitrogens is 1. The van der Waals surface area contributed by atoms with Gasteiger partial charge in [-0.25, -0.2) is 33.5 Å². The zero-order valence-electron chi connectivity index (χ0n) is 24.1. The van der Waals surface area contributed by atoms with E-state index < -0.39 is 88.6 Å². The monoisotopic (exact) mass is 700 g/mol.